The van der Waals surface area contributed by atoms with Gasteiger partial charge in [-0.25, -0.2) is 13.4 Å². The van der Waals surface area contributed by atoms with Gasteiger partial charge in [-0.15, -0.1) is 11.6 Å². The van der Waals surface area contributed by atoms with E-state index in [-0.39, 0.29) is 4.90 Å². The molecule has 0 amide bonds. The third-order valence-electron chi connectivity index (χ3n) is 2.60. The number of hydrogen-bond acceptors (Lipinski definition) is 3. The molecule has 0 bridgehead atoms. The highest BCUT2D eigenvalue weighted by Gasteiger charge is 2.14. The van der Waals surface area contributed by atoms with Gasteiger partial charge < -0.3 is 0 Å². The molecule has 4 nitrogen and oxygen atoms in total. The molecule has 1 N–H and O–H groups in total. The summed E-state index contributed by atoms with van der Waals surface area (Å²) in [4.78, 5) is 4.18. The predicted molar refractivity (Wildman–Crippen MR) is 83.6 cm³/mol. The minimum Gasteiger partial charge on any atom is -0.278 e. The first-order chi connectivity index (χ1) is 9.51. The van der Waals surface area contributed by atoms with Crippen LogP contribution in [-0.2, 0) is 16.4 Å². The van der Waals surface area contributed by atoms with Crippen molar-refractivity contribution >= 4 is 43.2 Å². The van der Waals surface area contributed by atoms with Crippen molar-refractivity contribution in [2.75, 3.05) is 10.6 Å². The molecule has 0 unspecified atom stereocenters. The van der Waals surface area contributed by atoms with Gasteiger partial charge in [0.15, 0.2) is 0 Å². The summed E-state index contributed by atoms with van der Waals surface area (Å²) in [6.07, 6.45) is 2.16. The van der Waals surface area contributed by atoms with Gasteiger partial charge in [-0.1, -0.05) is 12.1 Å². The van der Waals surface area contributed by atoms with Crippen LogP contribution < -0.4 is 4.72 Å². The molecule has 0 aliphatic rings. The standard InChI is InChI=1S/C13H12BrClN2O2S/c14-13-6-3-11(9-16-13)17-20(18,19)12-4-1-10(2-5-12)7-8-15/h1-6,9,17H,7-8H2. The molecule has 2 aromatic rings. The topological polar surface area (TPSA) is 59.1 Å². The molecule has 0 aliphatic carbocycles. The summed E-state index contributed by atoms with van der Waals surface area (Å²) in [6.45, 7) is 0. The normalized spacial score (nSPS) is 11.3. The maximum absolute atomic E-state index is 12.2. The van der Waals surface area contributed by atoms with E-state index < -0.39 is 10.0 Å². The number of aromatic nitrogens is 1. The fourth-order valence-electron chi connectivity index (χ4n) is 1.59. The zero-order valence-corrected chi connectivity index (χ0v) is 13.5. The lowest BCUT2D eigenvalue weighted by atomic mass is 10.2. The van der Waals surface area contributed by atoms with Gasteiger partial charge >= 0.3 is 0 Å². The van der Waals surface area contributed by atoms with Gasteiger partial charge in [0.25, 0.3) is 10.0 Å². The number of anilines is 1. The first-order valence-corrected chi connectivity index (χ1v) is 8.61. The Morgan fingerprint density at radius 3 is 2.40 bits per heavy atom. The summed E-state index contributed by atoms with van der Waals surface area (Å²) < 4.78 is 27.5. The predicted octanol–water partition coefficient (Wildman–Crippen LogP) is 3.43. The van der Waals surface area contributed by atoms with Crippen LogP contribution in [0.25, 0.3) is 0 Å². The largest absolute Gasteiger partial charge is 0.278 e. The number of nitrogens with one attached hydrogen (secondary N) is 1. The van der Waals surface area contributed by atoms with Crippen molar-refractivity contribution in [1.82, 2.24) is 4.98 Å². The van der Waals surface area contributed by atoms with E-state index in [9.17, 15) is 8.42 Å². The maximum atomic E-state index is 12.2. The lowest BCUT2D eigenvalue weighted by Crippen LogP contribution is -2.13. The van der Waals surface area contributed by atoms with E-state index in [1.54, 1.807) is 36.4 Å². The van der Waals surface area contributed by atoms with E-state index in [0.717, 1.165) is 5.56 Å². The van der Waals surface area contributed by atoms with E-state index >= 15 is 0 Å². The molecule has 0 atom stereocenters. The third-order valence-corrected chi connectivity index (χ3v) is 4.65. The SMILES string of the molecule is O=S(=O)(Nc1ccc(Br)nc1)c1ccc(CCCl)cc1. The van der Waals surface area contributed by atoms with Crippen LogP contribution in [0, 0.1) is 0 Å². The molecular formula is C13H12BrClN2O2S. The van der Waals surface area contributed by atoms with Crippen LogP contribution in [0.1, 0.15) is 5.56 Å². The van der Waals surface area contributed by atoms with Crippen molar-refractivity contribution in [2.24, 2.45) is 0 Å². The van der Waals surface area contributed by atoms with E-state index in [0.29, 0.717) is 22.6 Å². The molecule has 106 valence electrons. The quantitative estimate of drug-likeness (QED) is 0.643. The van der Waals surface area contributed by atoms with E-state index in [1.807, 2.05) is 0 Å². The number of nitrogens with zero attached hydrogens (tertiary/aromatic N) is 1. The third kappa shape index (κ3) is 3.94. The molecule has 0 spiro atoms. The number of benzene rings is 1. The molecular weight excluding hydrogens is 364 g/mol. The number of aryl methyl sites for hydroxylation is 1. The van der Waals surface area contributed by atoms with Crippen molar-refractivity contribution in [3.05, 3.63) is 52.8 Å². The molecule has 7 heteroatoms. The molecule has 2 rings (SSSR count). The minimum atomic E-state index is -3.60. The van der Waals surface area contributed by atoms with Crippen molar-refractivity contribution in [3.8, 4) is 0 Å². The fourth-order valence-corrected chi connectivity index (χ4v) is 3.09. The maximum Gasteiger partial charge on any atom is 0.261 e. The van der Waals surface area contributed by atoms with Gasteiger partial charge in [-0.2, -0.15) is 0 Å². The Kier molecular flexibility index (Phi) is 5.01. The number of rotatable bonds is 5. The fraction of sp³-hybridized carbons (Fsp3) is 0.154. The average Bonchev–Trinajstić information content (AvgIpc) is 2.42. The highest BCUT2D eigenvalue weighted by molar-refractivity contribution is 9.10. The number of pyridine rings is 1. The van der Waals surface area contributed by atoms with E-state index in [4.69, 9.17) is 11.6 Å². The molecule has 1 aromatic heterocycles. The highest BCUT2D eigenvalue weighted by Crippen LogP contribution is 2.17. The van der Waals surface area contributed by atoms with E-state index in [2.05, 4.69) is 25.6 Å². The van der Waals surface area contributed by atoms with Crippen LogP contribution in [0.4, 0.5) is 5.69 Å². The van der Waals surface area contributed by atoms with Crippen LogP contribution >= 0.6 is 27.5 Å². The zero-order valence-electron chi connectivity index (χ0n) is 10.4. The monoisotopic (exact) mass is 374 g/mol. The Labute approximate surface area is 131 Å². The summed E-state index contributed by atoms with van der Waals surface area (Å²) in [7, 11) is -3.60. The average molecular weight is 376 g/mol. The molecule has 0 fully saturated rings. The molecule has 0 saturated heterocycles. The Hall–Kier alpha value is -1.11. The smallest absolute Gasteiger partial charge is 0.261 e. The van der Waals surface area contributed by atoms with Crippen molar-refractivity contribution in [1.29, 1.82) is 0 Å². The number of alkyl halides is 1. The second-order valence-corrected chi connectivity index (χ2v) is 6.93. The highest BCUT2D eigenvalue weighted by atomic mass is 79.9. The van der Waals surface area contributed by atoms with E-state index in [1.165, 1.54) is 6.20 Å². The molecule has 0 aliphatic heterocycles. The molecule has 0 saturated carbocycles. The second-order valence-electron chi connectivity index (χ2n) is 4.06. The first-order valence-electron chi connectivity index (χ1n) is 5.80. The Morgan fingerprint density at radius 2 is 1.85 bits per heavy atom. The summed E-state index contributed by atoms with van der Waals surface area (Å²) in [5, 5.41) is 0. The van der Waals surface area contributed by atoms with Crippen molar-refractivity contribution < 1.29 is 8.42 Å². The zero-order chi connectivity index (χ0) is 14.6. The van der Waals surface area contributed by atoms with Crippen LogP contribution in [0.3, 0.4) is 0 Å². The van der Waals surface area contributed by atoms with Gasteiger partial charge in [-0.05, 0) is 52.2 Å². The number of sulfonamides is 1. The molecule has 1 heterocycles. The summed E-state index contributed by atoms with van der Waals surface area (Å²) in [6, 6.07) is 9.96. The van der Waals surface area contributed by atoms with Gasteiger partial charge in [0.2, 0.25) is 0 Å². The Bertz CT molecular complexity index is 673. The van der Waals surface area contributed by atoms with Gasteiger partial charge in [0.05, 0.1) is 16.8 Å². The van der Waals surface area contributed by atoms with Crippen molar-refractivity contribution in [3.63, 3.8) is 0 Å². The van der Waals surface area contributed by atoms with Crippen LogP contribution in [0.5, 0.6) is 0 Å². The van der Waals surface area contributed by atoms with Crippen LogP contribution in [-0.4, -0.2) is 19.3 Å². The van der Waals surface area contributed by atoms with Gasteiger partial charge in [0.1, 0.15) is 4.60 Å². The summed E-state index contributed by atoms with van der Waals surface area (Å²) >= 11 is 8.84. The lowest BCUT2D eigenvalue weighted by Gasteiger charge is -2.08. The summed E-state index contributed by atoms with van der Waals surface area (Å²) in [5.74, 6) is 0.509. The number of halogens is 2. The first kappa shape index (κ1) is 15.3. The van der Waals surface area contributed by atoms with Gasteiger partial charge in [-0.3, -0.25) is 4.72 Å². The number of hydrogen-bond donors (Lipinski definition) is 1. The molecule has 20 heavy (non-hydrogen) atoms. The second kappa shape index (κ2) is 6.56. The molecule has 0 radical (unpaired) electrons. The Balaban J connectivity index is 2.19. The van der Waals surface area contributed by atoms with Crippen LogP contribution in [0.15, 0.2) is 52.1 Å². The van der Waals surface area contributed by atoms with Gasteiger partial charge in [0, 0.05) is 5.88 Å². The van der Waals surface area contributed by atoms with Crippen LogP contribution in [0.2, 0.25) is 0 Å². The molecule has 1 aromatic carbocycles. The Morgan fingerprint density at radius 1 is 1.15 bits per heavy atom. The lowest BCUT2D eigenvalue weighted by molar-refractivity contribution is 0.601. The summed E-state index contributed by atoms with van der Waals surface area (Å²) in [5.41, 5.74) is 1.42. The van der Waals surface area contributed by atoms with Crippen molar-refractivity contribution in [2.45, 2.75) is 11.3 Å². The minimum absolute atomic E-state index is 0.207.